The number of ether oxygens (including phenoxy) is 1. The van der Waals surface area contributed by atoms with Crippen molar-refractivity contribution in [2.45, 2.75) is 18.9 Å². The highest BCUT2D eigenvalue weighted by Gasteiger charge is 2.13. The van der Waals surface area contributed by atoms with Gasteiger partial charge in [-0.3, -0.25) is 0 Å². The minimum absolute atomic E-state index is 0.0892. The van der Waals surface area contributed by atoms with Gasteiger partial charge in [0.15, 0.2) is 0 Å². The van der Waals surface area contributed by atoms with Crippen LogP contribution in [0.3, 0.4) is 0 Å². The van der Waals surface area contributed by atoms with Crippen LogP contribution < -0.4 is 11.1 Å². The zero-order chi connectivity index (χ0) is 13.5. The summed E-state index contributed by atoms with van der Waals surface area (Å²) in [4.78, 5) is 0. The fraction of sp³-hybridized carbons (Fsp3) is 0.500. The lowest BCUT2D eigenvalue weighted by molar-refractivity contribution is 0.182. The molecule has 18 heavy (non-hydrogen) atoms. The third kappa shape index (κ3) is 4.51. The van der Waals surface area contributed by atoms with Crippen LogP contribution >= 0.6 is 15.9 Å². The number of rotatable bonds is 7. The molecule has 6 heteroatoms. The molecule has 1 atom stereocenters. The molecule has 0 saturated carbocycles. The fourth-order valence-electron chi connectivity index (χ4n) is 1.62. The van der Waals surface area contributed by atoms with E-state index in [9.17, 15) is 8.78 Å². The van der Waals surface area contributed by atoms with Gasteiger partial charge >= 0.3 is 0 Å². The number of hydrogen-bond acceptors (Lipinski definition) is 3. The highest BCUT2D eigenvalue weighted by molar-refractivity contribution is 9.10. The molecule has 0 fully saturated rings. The van der Waals surface area contributed by atoms with Gasteiger partial charge in [0.05, 0.1) is 16.8 Å². The van der Waals surface area contributed by atoms with E-state index in [1.165, 1.54) is 0 Å². The summed E-state index contributed by atoms with van der Waals surface area (Å²) in [7, 11) is 1.57. The minimum atomic E-state index is -0.506. The Balaban J connectivity index is 2.76. The Hall–Kier alpha value is -0.720. The molecule has 0 aromatic heterocycles. The summed E-state index contributed by atoms with van der Waals surface area (Å²) in [6.45, 7) is 0.968. The summed E-state index contributed by atoms with van der Waals surface area (Å²) in [6, 6.07) is 2.14. The Labute approximate surface area is 114 Å². The molecule has 0 heterocycles. The quantitative estimate of drug-likeness (QED) is 0.759. The molecular formula is C12H17BrF2N2O. The Bertz CT molecular complexity index is 391. The van der Waals surface area contributed by atoms with Crippen molar-refractivity contribution in [3.63, 3.8) is 0 Å². The lowest BCUT2D eigenvalue weighted by Gasteiger charge is -2.19. The van der Waals surface area contributed by atoms with Crippen molar-refractivity contribution in [3.05, 3.63) is 28.2 Å². The monoisotopic (exact) mass is 322 g/mol. The van der Waals surface area contributed by atoms with Gasteiger partial charge in [-0.15, -0.1) is 0 Å². The van der Waals surface area contributed by atoms with Crippen LogP contribution in [0, 0.1) is 11.6 Å². The van der Waals surface area contributed by atoms with E-state index in [1.807, 2.05) is 0 Å². The molecule has 3 nitrogen and oxygen atoms in total. The highest BCUT2D eigenvalue weighted by atomic mass is 79.9. The molecule has 102 valence electrons. The predicted octanol–water partition coefficient (Wildman–Crippen LogP) is 2.89. The maximum absolute atomic E-state index is 13.6. The maximum Gasteiger partial charge on any atom is 0.147 e. The number of benzene rings is 1. The summed E-state index contributed by atoms with van der Waals surface area (Å²) in [6.07, 6.45) is 1.53. The van der Waals surface area contributed by atoms with Gasteiger partial charge in [0.2, 0.25) is 0 Å². The van der Waals surface area contributed by atoms with Crippen molar-refractivity contribution in [3.8, 4) is 0 Å². The lowest BCUT2D eigenvalue weighted by Crippen LogP contribution is -2.26. The molecule has 0 spiro atoms. The second-order valence-electron chi connectivity index (χ2n) is 3.97. The second-order valence-corrected chi connectivity index (χ2v) is 4.83. The first kappa shape index (κ1) is 15.3. The summed E-state index contributed by atoms with van der Waals surface area (Å²) < 4.78 is 32.1. The van der Waals surface area contributed by atoms with Crippen molar-refractivity contribution in [1.29, 1.82) is 0 Å². The van der Waals surface area contributed by atoms with Crippen LogP contribution in [0.4, 0.5) is 14.5 Å². The van der Waals surface area contributed by atoms with Gasteiger partial charge < -0.3 is 15.8 Å². The number of nitrogens with one attached hydrogen (secondary N) is 1. The van der Waals surface area contributed by atoms with Crippen LogP contribution in [0.5, 0.6) is 0 Å². The van der Waals surface area contributed by atoms with Crippen molar-refractivity contribution in [2.75, 3.05) is 25.6 Å². The molecular weight excluding hydrogens is 306 g/mol. The van der Waals surface area contributed by atoms with Gasteiger partial charge in [0, 0.05) is 19.2 Å². The molecule has 1 rings (SSSR count). The summed E-state index contributed by atoms with van der Waals surface area (Å²) in [5, 5.41) is 2.93. The lowest BCUT2D eigenvalue weighted by atomic mass is 10.1. The molecule has 3 N–H and O–H groups in total. The number of nitrogens with two attached hydrogens (primary N) is 1. The Morgan fingerprint density at radius 2 is 2.11 bits per heavy atom. The standard InChI is InChI=1S/C12H17BrF2N2O/c1-18-7-8(3-2-4-16)17-12-6-10(14)9(13)5-11(12)15/h5-6,8,17H,2-4,7,16H2,1H3. The van der Waals surface area contributed by atoms with Crippen molar-refractivity contribution in [1.82, 2.24) is 0 Å². The third-order valence-corrected chi connectivity index (χ3v) is 3.10. The number of methoxy groups -OCH3 is 1. The van der Waals surface area contributed by atoms with Gasteiger partial charge in [-0.05, 0) is 41.4 Å². The minimum Gasteiger partial charge on any atom is -0.383 e. The smallest absolute Gasteiger partial charge is 0.147 e. The van der Waals surface area contributed by atoms with E-state index in [2.05, 4.69) is 21.2 Å². The van der Waals surface area contributed by atoms with Gasteiger partial charge in [-0.1, -0.05) is 0 Å². The molecule has 0 bridgehead atoms. The van der Waals surface area contributed by atoms with Crippen LogP contribution in [0.15, 0.2) is 16.6 Å². The largest absolute Gasteiger partial charge is 0.383 e. The molecule has 1 aromatic carbocycles. The maximum atomic E-state index is 13.6. The normalized spacial score (nSPS) is 12.5. The molecule has 1 aromatic rings. The molecule has 0 saturated heterocycles. The highest BCUT2D eigenvalue weighted by Crippen LogP contribution is 2.24. The number of hydrogen-bond donors (Lipinski definition) is 2. The number of anilines is 1. The van der Waals surface area contributed by atoms with E-state index in [0.29, 0.717) is 13.2 Å². The predicted molar refractivity (Wildman–Crippen MR) is 71.6 cm³/mol. The van der Waals surface area contributed by atoms with E-state index in [0.717, 1.165) is 25.0 Å². The Morgan fingerprint density at radius 1 is 1.39 bits per heavy atom. The van der Waals surface area contributed by atoms with E-state index in [1.54, 1.807) is 7.11 Å². The first-order chi connectivity index (χ1) is 8.58. The second kappa shape index (κ2) is 7.66. The summed E-state index contributed by atoms with van der Waals surface area (Å²) in [5.74, 6) is -1.01. The van der Waals surface area contributed by atoms with Gasteiger partial charge in [0.1, 0.15) is 11.6 Å². The Kier molecular flexibility index (Phi) is 6.52. The molecule has 0 aliphatic rings. The van der Waals surface area contributed by atoms with Crippen LogP contribution in [0.1, 0.15) is 12.8 Å². The molecule has 0 amide bonds. The molecule has 1 unspecified atom stereocenters. The third-order valence-electron chi connectivity index (χ3n) is 2.49. The average molecular weight is 323 g/mol. The van der Waals surface area contributed by atoms with Crippen LogP contribution in [0.25, 0.3) is 0 Å². The molecule has 0 aliphatic carbocycles. The van der Waals surface area contributed by atoms with Crippen LogP contribution in [-0.2, 0) is 4.74 Å². The van der Waals surface area contributed by atoms with Crippen molar-refractivity contribution in [2.24, 2.45) is 5.73 Å². The van der Waals surface area contributed by atoms with Crippen LogP contribution in [0.2, 0.25) is 0 Å². The van der Waals surface area contributed by atoms with Crippen molar-refractivity contribution < 1.29 is 13.5 Å². The fourth-order valence-corrected chi connectivity index (χ4v) is 1.93. The summed E-state index contributed by atoms with van der Waals surface area (Å²) >= 11 is 2.94. The van der Waals surface area contributed by atoms with E-state index >= 15 is 0 Å². The zero-order valence-corrected chi connectivity index (χ0v) is 11.8. The average Bonchev–Trinajstić information content (AvgIpc) is 2.33. The SMILES string of the molecule is COCC(CCCN)Nc1cc(F)c(Br)cc1F. The van der Waals surface area contributed by atoms with E-state index in [-0.39, 0.29) is 16.2 Å². The van der Waals surface area contributed by atoms with Crippen LogP contribution in [-0.4, -0.2) is 26.3 Å². The molecule has 0 radical (unpaired) electrons. The Morgan fingerprint density at radius 3 is 2.72 bits per heavy atom. The summed E-state index contributed by atoms with van der Waals surface area (Å²) in [5.41, 5.74) is 5.57. The van der Waals surface area contributed by atoms with Crippen molar-refractivity contribution >= 4 is 21.6 Å². The molecule has 0 aliphatic heterocycles. The first-order valence-corrected chi connectivity index (χ1v) is 6.47. The van der Waals surface area contributed by atoms with Gasteiger partial charge in [0.25, 0.3) is 0 Å². The zero-order valence-electron chi connectivity index (χ0n) is 10.2. The number of halogens is 3. The van der Waals surface area contributed by atoms with E-state index < -0.39 is 11.6 Å². The topological polar surface area (TPSA) is 47.3 Å². The van der Waals surface area contributed by atoms with Gasteiger partial charge in [-0.2, -0.15) is 0 Å². The van der Waals surface area contributed by atoms with E-state index in [4.69, 9.17) is 10.5 Å². The van der Waals surface area contributed by atoms with Gasteiger partial charge in [-0.25, -0.2) is 8.78 Å². The first-order valence-electron chi connectivity index (χ1n) is 5.68.